The van der Waals surface area contributed by atoms with E-state index < -0.39 is 0 Å². The highest BCUT2D eigenvalue weighted by molar-refractivity contribution is 5.79. The lowest BCUT2D eigenvalue weighted by Gasteiger charge is -2.21. The van der Waals surface area contributed by atoms with Crippen LogP contribution < -0.4 is 10.6 Å². The highest BCUT2D eigenvalue weighted by Crippen LogP contribution is 2.14. The molecule has 0 bridgehead atoms. The van der Waals surface area contributed by atoms with E-state index in [-0.39, 0.29) is 0 Å². The summed E-state index contributed by atoms with van der Waals surface area (Å²) < 4.78 is 21.5. The lowest BCUT2D eigenvalue weighted by molar-refractivity contribution is 0.0205. The Balaban J connectivity index is 1.99. The summed E-state index contributed by atoms with van der Waals surface area (Å²) in [5.74, 6) is 1.56. The Bertz CT molecular complexity index is 337. The number of ether oxygens (including phenoxy) is 4. The molecular formula is C19H39N3O4. The van der Waals surface area contributed by atoms with E-state index in [0.717, 1.165) is 90.7 Å². The second kappa shape index (κ2) is 17.5. The highest BCUT2D eigenvalue weighted by Gasteiger charge is 2.13. The van der Waals surface area contributed by atoms with E-state index in [1.54, 1.807) is 7.11 Å². The molecule has 1 aliphatic heterocycles. The fourth-order valence-electron chi connectivity index (χ4n) is 2.64. The van der Waals surface area contributed by atoms with Gasteiger partial charge in [0.25, 0.3) is 0 Å². The molecular weight excluding hydrogens is 334 g/mol. The van der Waals surface area contributed by atoms with Crippen LogP contribution in [0.2, 0.25) is 0 Å². The van der Waals surface area contributed by atoms with Gasteiger partial charge >= 0.3 is 0 Å². The molecule has 2 N–H and O–H groups in total. The summed E-state index contributed by atoms with van der Waals surface area (Å²) in [6.45, 7) is 10.1. The smallest absolute Gasteiger partial charge is 0.191 e. The summed E-state index contributed by atoms with van der Waals surface area (Å²) in [7, 11) is 1.69. The Morgan fingerprint density at radius 1 is 1.00 bits per heavy atom. The summed E-state index contributed by atoms with van der Waals surface area (Å²) in [5, 5.41) is 6.65. The molecule has 1 aliphatic rings. The standard InChI is InChI=1S/C19H39N3O4/c1-3-20-19(21-9-4-5-11-24-16-15-23-2)22-10-6-12-26-17-18-7-13-25-14-8-18/h18H,3-17H2,1-2H3,(H2,20,21,22). The number of nitrogens with one attached hydrogen (secondary N) is 2. The zero-order chi connectivity index (χ0) is 18.7. The second-order valence-electron chi connectivity index (χ2n) is 6.48. The van der Waals surface area contributed by atoms with Gasteiger partial charge in [-0.2, -0.15) is 0 Å². The van der Waals surface area contributed by atoms with Gasteiger partial charge in [-0.15, -0.1) is 0 Å². The van der Waals surface area contributed by atoms with Crippen LogP contribution in [0.25, 0.3) is 0 Å². The van der Waals surface area contributed by atoms with Gasteiger partial charge < -0.3 is 29.6 Å². The molecule has 7 heteroatoms. The number of aliphatic imine (C=N–C) groups is 1. The summed E-state index contributed by atoms with van der Waals surface area (Å²) >= 11 is 0. The molecule has 0 spiro atoms. The van der Waals surface area contributed by atoms with Crippen molar-refractivity contribution in [2.75, 3.05) is 73.0 Å². The minimum atomic E-state index is 0.661. The molecule has 1 saturated heterocycles. The van der Waals surface area contributed by atoms with Crippen LogP contribution >= 0.6 is 0 Å². The summed E-state index contributed by atoms with van der Waals surface area (Å²) in [6.07, 6.45) is 5.31. The van der Waals surface area contributed by atoms with Gasteiger partial charge in [-0.05, 0) is 44.9 Å². The van der Waals surface area contributed by atoms with Crippen LogP contribution in [-0.4, -0.2) is 79.0 Å². The molecule has 0 aliphatic carbocycles. The first-order valence-corrected chi connectivity index (χ1v) is 10.1. The van der Waals surface area contributed by atoms with Crippen molar-refractivity contribution >= 4 is 5.96 Å². The van der Waals surface area contributed by atoms with Crippen molar-refractivity contribution in [3.05, 3.63) is 0 Å². The monoisotopic (exact) mass is 373 g/mol. The van der Waals surface area contributed by atoms with Crippen LogP contribution in [-0.2, 0) is 18.9 Å². The number of rotatable bonds is 15. The SMILES string of the molecule is CCNC(=NCCCOCC1CCOCC1)NCCCCOCCOC. The van der Waals surface area contributed by atoms with Crippen molar-refractivity contribution in [2.45, 2.75) is 39.0 Å². The molecule has 0 radical (unpaired) electrons. The van der Waals surface area contributed by atoms with Crippen molar-refractivity contribution in [1.29, 1.82) is 0 Å². The third-order valence-corrected chi connectivity index (χ3v) is 4.20. The number of guanidine groups is 1. The van der Waals surface area contributed by atoms with Crippen molar-refractivity contribution in [3.63, 3.8) is 0 Å². The van der Waals surface area contributed by atoms with Crippen LogP contribution in [0.1, 0.15) is 39.0 Å². The lowest BCUT2D eigenvalue weighted by atomic mass is 10.0. The van der Waals surface area contributed by atoms with Gasteiger partial charge in [-0.1, -0.05) is 0 Å². The van der Waals surface area contributed by atoms with Gasteiger partial charge in [0.2, 0.25) is 0 Å². The molecule has 0 aromatic heterocycles. The zero-order valence-corrected chi connectivity index (χ0v) is 16.8. The fourth-order valence-corrected chi connectivity index (χ4v) is 2.64. The molecule has 1 fully saturated rings. The van der Waals surface area contributed by atoms with Crippen LogP contribution in [0.3, 0.4) is 0 Å². The molecule has 26 heavy (non-hydrogen) atoms. The molecule has 7 nitrogen and oxygen atoms in total. The number of hydrogen-bond donors (Lipinski definition) is 2. The molecule has 0 aromatic carbocycles. The first-order chi connectivity index (χ1) is 12.9. The van der Waals surface area contributed by atoms with E-state index >= 15 is 0 Å². The second-order valence-corrected chi connectivity index (χ2v) is 6.48. The predicted molar refractivity (Wildman–Crippen MR) is 105 cm³/mol. The number of methoxy groups -OCH3 is 1. The van der Waals surface area contributed by atoms with Gasteiger partial charge in [0.1, 0.15) is 0 Å². The third kappa shape index (κ3) is 13.3. The van der Waals surface area contributed by atoms with Crippen molar-refractivity contribution < 1.29 is 18.9 Å². The summed E-state index contributed by atoms with van der Waals surface area (Å²) in [6, 6.07) is 0. The van der Waals surface area contributed by atoms with Crippen molar-refractivity contribution in [3.8, 4) is 0 Å². The van der Waals surface area contributed by atoms with E-state index in [2.05, 4.69) is 22.5 Å². The predicted octanol–water partition coefficient (Wildman–Crippen LogP) is 1.82. The Morgan fingerprint density at radius 3 is 2.58 bits per heavy atom. The number of hydrogen-bond acceptors (Lipinski definition) is 5. The maximum atomic E-state index is 5.78. The van der Waals surface area contributed by atoms with Gasteiger partial charge in [-0.3, -0.25) is 4.99 Å². The van der Waals surface area contributed by atoms with Crippen LogP contribution in [0.4, 0.5) is 0 Å². The van der Waals surface area contributed by atoms with Gasteiger partial charge in [0, 0.05) is 59.8 Å². The average Bonchev–Trinajstić information content (AvgIpc) is 2.67. The molecule has 0 saturated carbocycles. The fraction of sp³-hybridized carbons (Fsp3) is 0.947. The Labute approximate surface area is 159 Å². The van der Waals surface area contributed by atoms with Crippen molar-refractivity contribution in [1.82, 2.24) is 10.6 Å². The first-order valence-electron chi connectivity index (χ1n) is 10.1. The Hall–Kier alpha value is -0.890. The minimum Gasteiger partial charge on any atom is -0.382 e. The molecule has 0 aromatic rings. The van der Waals surface area contributed by atoms with Crippen molar-refractivity contribution in [2.24, 2.45) is 10.9 Å². The van der Waals surface area contributed by atoms with E-state index in [1.807, 2.05) is 0 Å². The molecule has 0 atom stereocenters. The average molecular weight is 374 g/mol. The van der Waals surface area contributed by atoms with E-state index in [4.69, 9.17) is 18.9 Å². The molecule has 154 valence electrons. The first kappa shape index (κ1) is 23.1. The van der Waals surface area contributed by atoms with Gasteiger partial charge in [0.05, 0.1) is 13.2 Å². The quantitative estimate of drug-likeness (QED) is 0.259. The van der Waals surface area contributed by atoms with E-state index in [0.29, 0.717) is 19.1 Å². The molecule has 1 rings (SSSR count). The van der Waals surface area contributed by atoms with Crippen LogP contribution in [0.5, 0.6) is 0 Å². The highest BCUT2D eigenvalue weighted by atomic mass is 16.5. The Morgan fingerprint density at radius 2 is 1.81 bits per heavy atom. The lowest BCUT2D eigenvalue weighted by Crippen LogP contribution is -2.38. The van der Waals surface area contributed by atoms with Gasteiger partial charge in [0.15, 0.2) is 5.96 Å². The maximum absolute atomic E-state index is 5.78. The third-order valence-electron chi connectivity index (χ3n) is 4.20. The largest absolute Gasteiger partial charge is 0.382 e. The minimum absolute atomic E-state index is 0.661. The van der Waals surface area contributed by atoms with Crippen LogP contribution in [0, 0.1) is 5.92 Å². The maximum Gasteiger partial charge on any atom is 0.191 e. The zero-order valence-electron chi connectivity index (χ0n) is 16.8. The van der Waals surface area contributed by atoms with E-state index in [9.17, 15) is 0 Å². The van der Waals surface area contributed by atoms with E-state index in [1.165, 1.54) is 0 Å². The number of nitrogens with zero attached hydrogens (tertiary/aromatic N) is 1. The van der Waals surface area contributed by atoms with Gasteiger partial charge in [-0.25, -0.2) is 0 Å². The topological polar surface area (TPSA) is 73.3 Å². The Kier molecular flexibility index (Phi) is 15.6. The number of unbranched alkanes of at least 4 members (excludes halogenated alkanes) is 1. The molecule has 0 amide bonds. The normalized spacial score (nSPS) is 16.0. The molecule has 1 heterocycles. The summed E-state index contributed by atoms with van der Waals surface area (Å²) in [5.41, 5.74) is 0. The van der Waals surface area contributed by atoms with Crippen LogP contribution in [0.15, 0.2) is 4.99 Å². The molecule has 0 unspecified atom stereocenters. The summed E-state index contributed by atoms with van der Waals surface area (Å²) in [4.78, 5) is 4.60.